The molecule has 0 saturated heterocycles. The lowest BCUT2D eigenvalue weighted by Gasteiger charge is -1.95. The van der Waals surface area contributed by atoms with E-state index in [-0.39, 0.29) is 11.0 Å². The molecule has 3 nitrogen and oxygen atoms in total. The van der Waals surface area contributed by atoms with E-state index in [1.54, 1.807) is 17.5 Å². The van der Waals surface area contributed by atoms with Crippen LogP contribution in [-0.4, -0.2) is 11.0 Å². The van der Waals surface area contributed by atoms with Crippen molar-refractivity contribution in [1.29, 1.82) is 0 Å². The van der Waals surface area contributed by atoms with Gasteiger partial charge in [0.1, 0.15) is 0 Å². The van der Waals surface area contributed by atoms with Gasteiger partial charge in [-0.1, -0.05) is 42.1 Å². The van der Waals surface area contributed by atoms with E-state index in [0.717, 1.165) is 11.8 Å². The van der Waals surface area contributed by atoms with Gasteiger partial charge in [-0.05, 0) is 5.41 Å². The van der Waals surface area contributed by atoms with Crippen molar-refractivity contribution in [2.75, 3.05) is 0 Å². The lowest BCUT2D eigenvalue weighted by Crippen LogP contribution is -2.11. The predicted octanol–water partition coefficient (Wildman–Crippen LogP) is 2.17. The number of amides is 1. The topological polar surface area (TPSA) is 46.2 Å². The van der Waals surface area contributed by atoms with Crippen LogP contribution in [0.15, 0.2) is 41.9 Å². The van der Waals surface area contributed by atoms with E-state index in [1.165, 1.54) is 13.1 Å². The van der Waals surface area contributed by atoms with Gasteiger partial charge in [0.2, 0.25) is 11.0 Å². The maximum absolute atomic E-state index is 11.5. The normalized spacial score (nSPS) is 10.2. The average molecular weight is 221 g/mol. The Hall–Kier alpha value is -1.55. The first kappa shape index (κ1) is 11.5. The van der Waals surface area contributed by atoms with Gasteiger partial charge in [-0.3, -0.25) is 9.59 Å². The van der Waals surface area contributed by atoms with Gasteiger partial charge >= 0.3 is 0 Å². The van der Waals surface area contributed by atoms with Crippen LogP contribution in [0.3, 0.4) is 0 Å². The van der Waals surface area contributed by atoms with Crippen LogP contribution in [0.5, 0.6) is 0 Å². The Bertz CT molecular complexity index is 373. The van der Waals surface area contributed by atoms with Crippen LogP contribution in [0.25, 0.3) is 0 Å². The Balaban J connectivity index is 2.44. The van der Waals surface area contributed by atoms with Gasteiger partial charge in [0.25, 0.3) is 0 Å². The molecule has 4 heteroatoms. The van der Waals surface area contributed by atoms with Crippen LogP contribution in [0.1, 0.15) is 17.3 Å². The minimum Gasteiger partial charge on any atom is -0.332 e. The lowest BCUT2D eigenvalue weighted by atomic mass is 10.2. The van der Waals surface area contributed by atoms with Gasteiger partial charge in [0, 0.05) is 18.7 Å². The van der Waals surface area contributed by atoms with Gasteiger partial charge in [0.05, 0.1) is 0 Å². The molecule has 0 bridgehead atoms. The van der Waals surface area contributed by atoms with Crippen LogP contribution < -0.4 is 5.32 Å². The molecule has 15 heavy (non-hydrogen) atoms. The second-order valence-electron chi connectivity index (χ2n) is 2.77. The molecule has 0 atom stereocenters. The molecule has 0 heterocycles. The summed E-state index contributed by atoms with van der Waals surface area (Å²) < 4.78 is 0. The van der Waals surface area contributed by atoms with Crippen molar-refractivity contribution in [2.24, 2.45) is 0 Å². The molecular weight excluding hydrogens is 210 g/mol. The van der Waals surface area contributed by atoms with Gasteiger partial charge in [-0.15, -0.1) is 0 Å². The third kappa shape index (κ3) is 4.46. The number of benzene rings is 1. The van der Waals surface area contributed by atoms with E-state index in [0.29, 0.717) is 5.56 Å². The molecule has 0 saturated carbocycles. The highest BCUT2D eigenvalue weighted by Gasteiger charge is 2.02. The van der Waals surface area contributed by atoms with Crippen LogP contribution in [-0.2, 0) is 4.79 Å². The third-order valence-electron chi connectivity index (χ3n) is 1.54. The molecule has 0 aliphatic heterocycles. The Labute approximate surface area is 92.6 Å². The lowest BCUT2D eigenvalue weighted by molar-refractivity contribution is -0.118. The van der Waals surface area contributed by atoms with Crippen molar-refractivity contribution in [3.63, 3.8) is 0 Å². The Morgan fingerprint density at radius 2 is 1.93 bits per heavy atom. The van der Waals surface area contributed by atoms with Gasteiger partial charge in [0.15, 0.2) is 0 Å². The smallest absolute Gasteiger partial charge is 0.223 e. The molecule has 0 radical (unpaired) electrons. The van der Waals surface area contributed by atoms with E-state index in [4.69, 9.17) is 0 Å². The number of hydrogen-bond donors (Lipinski definition) is 1. The summed E-state index contributed by atoms with van der Waals surface area (Å²) in [5, 5.41) is 3.97. The van der Waals surface area contributed by atoms with Gasteiger partial charge < -0.3 is 5.32 Å². The van der Waals surface area contributed by atoms with Crippen LogP contribution >= 0.6 is 11.8 Å². The van der Waals surface area contributed by atoms with E-state index >= 15 is 0 Å². The molecule has 1 N–H and O–H groups in total. The zero-order chi connectivity index (χ0) is 11.1. The summed E-state index contributed by atoms with van der Waals surface area (Å²) in [6, 6.07) is 8.98. The average Bonchev–Trinajstić information content (AvgIpc) is 2.25. The minimum atomic E-state index is -0.154. The molecule has 0 aliphatic rings. The number of thioether (sulfide) groups is 1. The summed E-state index contributed by atoms with van der Waals surface area (Å²) in [5.74, 6) is -0.154. The molecule has 0 unspecified atom stereocenters. The van der Waals surface area contributed by atoms with Crippen molar-refractivity contribution in [1.82, 2.24) is 5.32 Å². The van der Waals surface area contributed by atoms with Crippen molar-refractivity contribution in [3.05, 3.63) is 47.5 Å². The number of carbonyl (C=O) groups excluding carboxylic acids is 2. The van der Waals surface area contributed by atoms with E-state index in [1.807, 2.05) is 18.2 Å². The van der Waals surface area contributed by atoms with E-state index in [9.17, 15) is 9.59 Å². The van der Waals surface area contributed by atoms with Crippen LogP contribution in [0.4, 0.5) is 0 Å². The van der Waals surface area contributed by atoms with Gasteiger partial charge in [-0.25, -0.2) is 0 Å². The highest BCUT2D eigenvalue weighted by atomic mass is 32.2. The largest absolute Gasteiger partial charge is 0.332 e. The minimum absolute atomic E-state index is 0.0443. The number of carbonyl (C=O) groups is 2. The molecule has 1 amide bonds. The second-order valence-corrected chi connectivity index (χ2v) is 3.65. The van der Waals surface area contributed by atoms with E-state index in [2.05, 4.69) is 5.32 Å². The highest BCUT2D eigenvalue weighted by molar-refractivity contribution is 8.16. The predicted molar refractivity (Wildman–Crippen MR) is 61.3 cm³/mol. The SMILES string of the molecule is CC(=O)NC=CSC(=O)c1ccccc1. The number of nitrogens with one attached hydrogen (secondary N) is 1. The van der Waals surface area contributed by atoms with Crippen molar-refractivity contribution in [2.45, 2.75) is 6.92 Å². The Kier molecular flexibility index (Phi) is 4.63. The summed E-state index contributed by atoms with van der Waals surface area (Å²) in [6.45, 7) is 1.41. The maximum Gasteiger partial charge on any atom is 0.223 e. The molecule has 1 rings (SSSR count). The van der Waals surface area contributed by atoms with Crippen molar-refractivity contribution < 1.29 is 9.59 Å². The maximum atomic E-state index is 11.5. The first-order valence-electron chi connectivity index (χ1n) is 4.38. The zero-order valence-corrected chi connectivity index (χ0v) is 9.08. The zero-order valence-electron chi connectivity index (χ0n) is 8.27. The fraction of sp³-hybridized carbons (Fsp3) is 0.0909. The van der Waals surface area contributed by atoms with Crippen LogP contribution in [0, 0.1) is 0 Å². The first-order chi connectivity index (χ1) is 7.20. The molecule has 0 aliphatic carbocycles. The molecule has 78 valence electrons. The Morgan fingerprint density at radius 3 is 2.53 bits per heavy atom. The van der Waals surface area contributed by atoms with Crippen molar-refractivity contribution >= 4 is 22.8 Å². The molecule has 0 fully saturated rings. The summed E-state index contributed by atoms with van der Waals surface area (Å²) in [5.41, 5.74) is 0.648. The number of rotatable bonds is 3. The summed E-state index contributed by atoms with van der Waals surface area (Å²) in [4.78, 5) is 22.0. The van der Waals surface area contributed by atoms with E-state index < -0.39 is 0 Å². The third-order valence-corrected chi connectivity index (χ3v) is 2.26. The Morgan fingerprint density at radius 1 is 1.27 bits per heavy atom. The summed E-state index contributed by atoms with van der Waals surface area (Å²) in [7, 11) is 0. The van der Waals surface area contributed by atoms with Crippen molar-refractivity contribution in [3.8, 4) is 0 Å². The fourth-order valence-electron chi connectivity index (χ4n) is 0.889. The molecular formula is C11H11NO2S. The molecule has 1 aromatic carbocycles. The standard InChI is InChI=1S/C11H11NO2S/c1-9(13)12-7-8-15-11(14)10-5-3-2-4-6-10/h2-8H,1H3,(H,12,13). The summed E-state index contributed by atoms with van der Waals surface area (Å²) >= 11 is 1.04. The first-order valence-corrected chi connectivity index (χ1v) is 5.26. The second kappa shape index (κ2) is 6.03. The molecule has 0 spiro atoms. The monoisotopic (exact) mass is 221 g/mol. The fourth-order valence-corrected chi connectivity index (χ4v) is 1.42. The van der Waals surface area contributed by atoms with Gasteiger partial charge in [-0.2, -0.15) is 0 Å². The van der Waals surface area contributed by atoms with Crippen LogP contribution in [0.2, 0.25) is 0 Å². The summed E-state index contributed by atoms with van der Waals surface area (Å²) in [6.07, 6.45) is 1.45. The molecule has 1 aromatic rings. The quantitative estimate of drug-likeness (QED) is 0.850. The molecule has 0 aromatic heterocycles. The highest BCUT2D eigenvalue weighted by Crippen LogP contribution is 2.12. The number of hydrogen-bond acceptors (Lipinski definition) is 3.